The molecule has 1 aliphatic heterocycles. The molecule has 0 saturated carbocycles. The molecular formula is C20H25N3O3. The van der Waals surface area contributed by atoms with E-state index in [2.05, 4.69) is 16.4 Å². The van der Waals surface area contributed by atoms with Crippen LogP contribution >= 0.6 is 0 Å². The highest BCUT2D eigenvalue weighted by atomic mass is 16.6. The van der Waals surface area contributed by atoms with E-state index in [0.29, 0.717) is 32.8 Å². The van der Waals surface area contributed by atoms with E-state index in [9.17, 15) is 4.79 Å². The molecule has 1 fully saturated rings. The molecule has 6 nitrogen and oxygen atoms in total. The van der Waals surface area contributed by atoms with E-state index in [1.165, 1.54) is 0 Å². The second kappa shape index (κ2) is 9.31. The average Bonchev–Trinajstić information content (AvgIpc) is 2.69. The van der Waals surface area contributed by atoms with E-state index in [4.69, 9.17) is 9.47 Å². The van der Waals surface area contributed by atoms with Crippen LogP contribution in [0.2, 0.25) is 0 Å². The monoisotopic (exact) mass is 355 g/mol. The summed E-state index contributed by atoms with van der Waals surface area (Å²) in [5, 5.41) is 3.36. The zero-order valence-corrected chi connectivity index (χ0v) is 15.1. The molecule has 0 spiro atoms. The number of hydrogen-bond acceptors (Lipinski definition) is 5. The number of rotatable bonds is 6. The molecule has 1 amide bonds. The largest absolute Gasteiger partial charge is 0.445 e. The molecule has 0 aliphatic carbocycles. The lowest BCUT2D eigenvalue weighted by atomic mass is 10.2. The number of morpholine rings is 1. The SMILES string of the molecule is Cc1ccc(CNCC2CN(C(=O)OCc3ccccc3)CCO2)cn1. The molecule has 1 aromatic heterocycles. The van der Waals surface area contributed by atoms with Crippen LogP contribution in [0.5, 0.6) is 0 Å². The summed E-state index contributed by atoms with van der Waals surface area (Å²) in [6.45, 7) is 5.29. The fraction of sp³-hybridized carbons (Fsp3) is 0.400. The van der Waals surface area contributed by atoms with Gasteiger partial charge in [-0.25, -0.2) is 4.79 Å². The molecule has 2 heterocycles. The first-order chi connectivity index (χ1) is 12.7. The summed E-state index contributed by atoms with van der Waals surface area (Å²) in [6, 6.07) is 13.8. The highest BCUT2D eigenvalue weighted by Gasteiger charge is 2.25. The lowest BCUT2D eigenvalue weighted by Crippen LogP contribution is -2.49. The Morgan fingerprint density at radius 1 is 1.27 bits per heavy atom. The van der Waals surface area contributed by atoms with Gasteiger partial charge in [0.2, 0.25) is 0 Å². The average molecular weight is 355 g/mol. The minimum atomic E-state index is -0.287. The fourth-order valence-electron chi connectivity index (χ4n) is 2.80. The van der Waals surface area contributed by atoms with Crippen LogP contribution in [-0.4, -0.2) is 48.3 Å². The van der Waals surface area contributed by atoms with E-state index in [0.717, 1.165) is 23.4 Å². The van der Waals surface area contributed by atoms with E-state index in [-0.39, 0.29) is 12.2 Å². The molecule has 3 rings (SSSR count). The maximum atomic E-state index is 12.3. The second-order valence-electron chi connectivity index (χ2n) is 6.42. The highest BCUT2D eigenvalue weighted by Crippen LogP contribution is 2.09. The third-order valence-corrected chi connectivity index (χ3v) is 4.28. The summed E-state index contributed by atoms with van der Waals surface area (Å²) in [5.41, 5.74) is 3.12. The minimum absolute atomic E-state index is 0.0357. The van der Waals surface area contributed by atoms with Crippen LogP contribution in [0.15, 0.2) is 48.7 Å². The van der Waals surface area contributed by atoms with Gasteiger partial charge in [-0.05, 0) is 24.1 Å². The van der Waals surface area contributed by atoms with Crippen LogP contribution in [0, 0.1) is 6.92 Å². The number of aryl methyl sites for hydroxylation is 1. The maximum absolute atomic E-state index is 12.3. The normalized spacial score (nSPS) is 17.1. The Labute approximate surface area is 154 Å². The van der Waals surface area contributed by atoms with Gasteiger partial charge in [-0.2, -0.15) is 0 Å². The Morgan fingerprint density at radius 2 is 2.12 bits per heavy atom. The van der Waals surface area contributed by atoms with Gasteiger partial charge in [-0.3, -0.25) is 4.98 Å². The van der Waals surface area contributed by atoms with E-state index >= 15 is 0 Å². The molecule has 1 unspecified atom stereocenters. The van der Waals surface area contributed by atoms with Crippen molar-refractivity contribution in [1.29, 1.82) is 0 Å². The quantitative estimate of drug-likeness (QED) is 0.863. The first-order valence-corrected chi connectivity index (χ1v) is 8.90. The number of carbonyl (C=O) groups is 1. The number of amides is 1. The van der Waals surface area contributed by atoms with Crippen molar-refractivity contribution >= 4 is 6.09 Å². The second-order valence-corrected chi connectivity index (χ2v) is 6.42. The Kier molecular flexibility index (Phi) is 6.57. The van der Waals surface area contributed by atoms with Crippen molar-refractivity contribution in [3.63, 3.8) is 0 Å². The van der Waals surface area contributed by atoms with Gasteiger partial charge in [0.05, 0.1) is 19.3 Å². The maximum Gasteiger partial charge on any atom is 0.410 e. The molecular weight excluding hydrogens is 330 g/mol. The molecule has 1 aromatic carbocycles. The van der Waals surface area contributed by atoms with Crippen LogP contribution in [0.25, 0.3) is 0 Å². The van der Waals surface area contributed by atoms with E-state index in [1.807, 2.05) is 49.5 Å². The fourth-order valence-corrected chi connectivity index (χ4v) is 2.80. The minimum Gasteiger partial charge on any atom is -0.445 e. The highest BCUT2D eigenvalue weighted by molar-refractivity contribution is 5.67. The smallest absolute Gasteiger partial charge is 0.410 e. The number of hydrogen-bond donors (Lipinski definition) is 1. The standard InChI is InChI=1S/C20H25N3O3/c1-16-7-8-18(12-22-16)11-21-13-19-14-23(9-10-25-19)20(24)26-15-17-5-3-2-4-6-17/h2-8,12,19,21H,9-11,13-15H2,1H3. The Hall–Kier alpha value is -2.44. The van der Waals surface area contributed by atoms with Crippen LogP contribution in [0.3, 0.4) is 0 Å². The molecule has 2 aromatic rings. The number of aromatic nitrogens is 1. The number of nitrogens with zero attached hydrogens (tertiary/aromatic N) is 2. The zero-order valence-electron chi connectivity index (χ0n) is 15.1. The molecule has 26 heavy (non-hydrogen) atoms. The van der Waals surface area contributed by atoms with Crippen LogP contribution in [0.4, 0.5) is 4.79 Å². The molecule has 138 valence electrons. The molecule has 1 N–H and O–H groups in total. The first kappa shape index (κ1) is 18.4. The van der Waals surface area contributed by atoms with Gasteiger partial charge in [0, 0.05) is 31.5 Å². The molecule has 0 radical (unpaired) electrons. The van der Waals surface area contributed by atoms with E-state index in [1.54, 1.807) is 4.90 Å². The predicted octanol–water partition coefficient (Wildman–Crippen LogP) is 2.52. The number of pyridine rings is 1. The van der Waals surface area contributed by atoms with Crippen molar-refractivity contribution < 1.29 is 14.3 Å². The number of carbonyl (C=O) groups excluding carboxylic acids is 1. The van der Waals surface area contributed by atoms with Gasteiger partial charge in [0.15, 0.2) is 0 Å². The number of nitrogens with one attached hydrogen (secondary N) is 1. The van der Waals surface area contributed by atoms with Crippen molar-refractivity contribution in [2.24, 2.45) is 0 Å². The molecule has 1 atom stereocenters. The molecule has 0 bridgehead atoms. The van der Waals surface area contributed by atoms with Gasteiger partial charge in [-0.15, -0.1) is 0 Å². The van der Waals surface area contributed by atoms with Crippen molar-refractivity contribution in [1.82, 2.24) is 15.2 Å². The van der Waals surface area contributed by atoms with E-state index < -0.39 is 0 Å². The third-order valence-electron chi connectivity index (χ3n) is 4.28. The molecule has 6 heteroatoms. The van der Waals surface area contributed by atoms with Crippen molar-refractivity contribution in [3.8, 4) is 0 Å². The summed E-state index contributed by atoms with van der Waals surface area (Å²) in [4.78, 5) is 18.3. The first-order valence-electron chi connectivity index (χ1n) is 8.90. The molecule has 1 saturated heterocycles. The summed E-state index contributed by atoms with van der Waals surface area (Å²) >= 11 is 0. The lowest BCUT2D eigenvalue weighted by Gasteiger charge is -2.32. The lowest BCUT2D eigenvalue weighted by molar-refractivity contribution is -0.0271. The van der Waals surface area contributed by atoms with Crippen molar-refractivity contribution in [2.75, 3.05) is 26.2 Å². The van der Waals surface area contributed by atoms with Gasteiger partial charge >= 0.3 is 6.09 Å². The Morgan fingerprint density at radius 3 is 2.88 bits per heavy atom. The topological polar surface area (TPSA) is 63.7 Å². The number of ether oxygens (including phenoxy) is 2. The van der Waals surface area contributed by atoms with Crippen LogP contribution < -0.4 is 5.32 Å². The summed E-state index contributed by atoms with van der Waals surface area (Å²) in [7, 11) is 0. The summed E-state index contributed by atoms with van der Waals surface area (Å²) in [6.07, 6.45) is 1.55. The van der Waals surface area contributed by atoms with Gasteiger partial charge in [0.1, 0.15) is 6.61 Å². The van der Waals surface area contributed by atoms with Crippen LogP contribution in [0.1, 0.15) is 16.8 Å². The van der Waals surface area contributed by atoms with Crippen molar-refractivity contribution in [2.45, 2.75) is 26.2 Å². The van der Waals surface area contributed by atoms with Gasteiger partial charge in [0.25, 0.3) is 0 Å². The Bertz CT molecular complexity index is 691. The van der Waals surface area contributed by atoms with Crippen molar-refractivity contribution in [3.05, 3.63) is 65.5 Å². The summed E-state index contributed by atoms with van der Waals surface area (Å²) in [5.74, 6) is 0. The van der Waals surface area contributed by atoms with Gasteiger partial charge < -0.3 is 19.7 Å². The van der Waals surface area contributed by atoms with Crippen LogP contribution in [-0.2, 0) is 22.6 Å². The third kappa shape index (κ3) is 5.54. The van der Waals surface area contributed by atoms with Gasteiger partial charge in [-0.1, -0.05) is 36.4 Å². The zero-order chi connectivity index (χ0) is 18.2. The molecule has 1 aliphatic rings. The summed E-state index contributed by atoms with van der Waals surface area (Å²) < 4.78 is 11.2. The Balaban J connectivity index is 1.40. The number of benzene rings is 1. The predicted molar refractivity (Wildman–Crippen MR) is 98.6 cm³/mol.